The molecule has 32 heavy (non-hydrogen) atoms. The summed E-state index contributed by atoms with van der Waals surface area (Å²) in [6.45, 7) is 8.80. The summed E-state index contributed by atoms with van der Waals surface area (Å²) in [5, 5.41) is 3.88. The maximum atomic E-state index is 12.8. The molecule has 6 nitrogen and oxygen atoms in total. The fourth-order valence-electron chi connectivity index (χ4n) is 3.69. The lowest BCUT2D eigenvalue weighted by molar-refractivity contribution is -0.131. The molecule has 0 unspecified atom stereocenters. The molecule has 2 aromatic carbocycles. The number of halogens is 2. The van der Waals surface area contributed by atoms with Crippen molar-refractivity contribution in [2.45, 2.75) is 39.3 Å². The molecule has 1 N–H and O–H groups in total. The number of hydrogen-bond acceptors (Lipinski definition) is 4. The molecule has 0 saturated carbocycles. The Morgan fingerprint density at radius 2 is 1.78 bits per heavy atom. The number of ether oxygens (including phenoxy) is 1. The molecule has 1 saturated heterocycles. The molecular weight excluding hydrogens is 449 g/mol. The van der Waals surface area contributed by atoms with Gasteiger partial charge < -0.3 is 19.9 Å². The number of nitrogens with one attached hydrogen (secondary N) is 1. The van der Waals surface area contributed by atoms with Gasteiger partial charge in [0.25, 0.3) is 0 Å². The third-order valence-corrected chi connectivity index (χ3v) is 5.74. The number of carbonyl (C=O) groups excluding carboxylic acids is 2. The fourth-order valence-corrected chi connectivity index (χ4v) is 4.16. The van der Waals surface area contributed by atoms with Gasteiger partial charge in [0.15, 0.2) is 0 Å². The van der Waals surface area contributed by atoms with Crippen LogP contribution in [0.4, 0.5) is 10.5 Å². The molecule has 1 atom stereocenters. The van der Waals surface area contributed by atoms with Gasteiger partial charge in [0.2, 0.25) is 5.91 Å². The summed E-state index contributed by atoms with van der Waals surface area (Å²) in [6, 6.07) is 13.5. The highest BCUT2D eigenvalue weighted by Crippen LogP contribution is 2.36. The van der Waals surface area contributed by atoms with Crippen molar-refractivity contribution in [1.29, 1.82) is 0 Å². The van der Waals surface area contributed by atoms with Gasteiger partial charge in [0, 0.05) is 24.7 Å². The summed E-state index contributed by atoms with van der Waals surface area (Å²) in [5.41, 5.74) is 2.43. The lowest BCUT2D eigenvalue weighted by atomic mass is 10.0. The van der Waals surface area contributed by atoms with Gasteiger partial charge in [-0.05, 0) is 63.1 Å². The predicted octanol–water partition coefficient (Wildman–Crippen LogP) is 5.22. The van der Waals surface area contributed by atoms with E-state index in [0.717, 1.165) is 16.8 Å². The maximum absolute atomic E-state index is 12.8. The second kappa shape index (κ2) is 10.0. The first-order chi connectivity index (χ1) is 15.0. The lowest BCUT2D eigenvalue weighted by Crippen LogP contribution is -2.53. The van der Waals surface area contributed by atoms with Crippen LogP contribution < -0.4 is 10.2 Å². The van der Waals surface area contributed by atoms with Crippen LogP contribution >= 0.6 is 23.2 Å². The molecule has 3 rings (SSSR count). The van der Waals surface area contributed by atoms with E-state index in [1.165, 1.54) is 0 Å². The molecule has 0 spiro atoms. The first-order valence-electron chi connectivity index (χ1n) is 10.6. The van der Waals surface area contributed by atoms with E-state index >= 15 is 0 Å². The number of alkyl carbamates (subject to hydrolysis) is 1. The van der Waals surface area contributed by atoms with Crippen LogP contribution in [-0.4, -0.2) is 48.7 Å². The van der Waals surface area contributed by atoms with Crippen LogP contribution in [-0.2, 0) is 9.53 Å². The average Bonchev–Trinajstić information content (AvgIpc) is 2.71. The number of nitrogens with zero attached hydrogens (tertiary/aromatic N) is 2. The van der Waals surface area contributed by atoms with E-state index < -0.39 is 11.7 Å². The van der Waals surface area contributed by atoms with Crippen LogP contribution in [0.5, 0.6) is 0 Å². The summed E-state index contributed by atoms with van der Waals surface area (Å²) in [6.07, 6.45) is -0.606. The van der Waals surface area contributed by atoms with Crippen molar-refractivity contribution in [3.8, 4) is 0 Å². The quantitative estimate of drug-likeness (QED) is 0.655. The van der Waals surface area contributed by atoms with Gasteiger partial charge in [0.1, 0.15) is 12.1 Å². The Morgan fingerprint density at radius 1 is 1.09 bits per heavy atom. The van der Waals surface area contributed by atoms with E-state index in [2.05, 4.69) is 10.2 Å². The molecule has 1 aliphatic heterocycles. The van der Waals surface area contributed by atoms with E-state index in [4.69, 9.17) is 27.9 Å². The number of anilines is 1. The van der Waals surface area contributed by atoms with Gasteiger partial charge in [-0.25, -0.2) is 4.79 Å². The number of benzene rings is 2. The van der Waals surface area contributed by atoms with Crippen molar-refractivity contribution in [3.05, 3.63) is 63.6 Å². The van der Waals surface area contributed by atoms with E-state index in [0.29, 0.717) is 29.7 Å². The van der Waals surface area contributed by atoms with Crippen molar-refractivity contribution in [2.75, 3.05) is 31.1 Å². The molecular formula is C24H29Cl2N3O3. The third-order valence-electron chi connectivity index (χ3n) is 5.18. The van der Waals surface area contributed by atoms with Crippen molar-refractivity contribution < 1.29 is 14.3 Å². The molecule has 0 aromatic heterocycles. The molecule has 1 heterocycles. The molecule has 1 fully saturated rings. The largest absolute Gasteiger partial charge is 0.444 e. The zero-order valence-corrected chi connectivity index (χ0v) is 20.3. The zero-order valence-electron chi connectivity index (χ0n) is 18.8. The SMILES string of the molecule is Cc1ccc(N2CCN(C(=O)CNC(=O)OC(C)(C)C)C[C@H]2c2ccc(Cl)cc2)c(Cl)c1. The van der Waals surface area contributed by atoms with E-state index in [9.17, 15) is 9.59 Å². The van der Waals surface area contributed by atoms with E-state index in [1.54, 1.807) is 25.7 Å². The highest BCUT2D eigenvalue weighted by atomic mass is 35.5. The van der Waals surface area contributed by atoms with Crippen molar-refractivity contribution in [3.63, 3.8) is 0 Å². The molecule has 1 aliphatic rings. The summed E-state index contributed by atoms with van der Waals surface area (Å²) >= 11 is 12.7. The molecule has 172 valence electrons. The standard InChI is InChI=1S/C24H29Cl2N3O3/c1-16-5-10-20(19(26)13-16)29-12-11-28(15-21(29)17-6-8-18(25)9-7-17)22(30)14-27-23(31)32-24(2,3)4/h5-10,13,21H,11-12,14-15H2,1-4H3,(H,27,31)/t21-/m0/s1. The van der Waals surface area contributed by atoms with Crippen LogP contribution in [0.1, 0.15) is 37.9 Å². The number of aryl methyl sites for hydroxylation is 1. The number of piperazine rings is 1. The second-order valence-corrected chi connectivity index (χ2v) is 9.75. The summed E-state index contributed by atoms with van der Waals surface area (Å²) in [5.74, 6) is -0.163. The van der Waals surface area contributed by atoms with Gasteiger partial charge >= 0.3 is 6.09 Å². The highest BCUT2D eigenvalue weighted by molar-refractivity contribution is 6.33. The Hall–Kier alpha value is -2.44. The third kappa shape index (κ3) is 6.30. The van der Waals surface area contributed by atoms with Gasteiger partial charge in [-0.15, -0.1) is 0 Å². The smallest absolute Gasteiger partial charge is 0.408 e. The molecule has 2 aromatic rings. The number of amides is 2. The Bertz CT molecular complexity index is 973. The first-order valence-corrected chi connectivity index (χ1v) is 11.3. The van der Waals surface area contributed by atoms with Crippen LogP contribution in [0.25, 0.3) is 0 Å². The number of rotatable bonds is 4. The van der Waals surface area contributed by atoms with Crippen molar-refractivity contribution in [1.82, 2.24) is 10.2 Å². The Balaban J connectivity index is 1.77. The summed E-state index contributed by atoms with van der Waals surface area (Å²) in [7, 11) is 0. The Labute approximate surface area is 199 Å². The van der Waals surface area contributed by atoms with Crippen LogP contribution in [0.15, 0.2) is 42.5 Å². The molecule has 0 aliphatic carbocycles. The number of hydrogen-bond donors (Lipinski definition) is 1. The minimum Gasteiger partial charge on any atom is -0.444 e. The second-order valence-electron chi connectivity index (χ2n) is 8.91. The van der Waals surface area contributed by atoms with Crippen LogP contribution in [0.2, 0.25) is 10.0 Å². The van der Waals surface area contributed by atoms with Crippen LogP contribution in [0, 0.1) is 6.92 Å². The molecule has 2 amide bonds. The Kier molecular flexibility index (Phi) is 7.57. The van der Waals surface area contributed by atoms with Gasteiger partial charge in [-0.1, -0.05) is 41.4 Å². The van der Waals surface area contributed by atoms with Crippen molar-refractivity contribution in [2.24, 2.45) is 0 Å². The molecule has 0 radical (unpaired) electrons. The fraction of sp³-hybridized carbons (Fsp3) is 0.417. The highest BCUT2D eigenvalue weighted by Gasteiger charge is 2.32. The van der Waals surface area contributed by atoms with E-state index in [-0.39, 0.29) is 18.5 Å². The minimum absolute atomic E-state index is 0.105. The topological polar surface area (TPSA) is 61.9 Å². The summed E-state index contributed by atoms with van der Waals surface area (Å²) in [4.78, 5) is 28.7. The van der Waals surface area contributed by atoms with Gasteiger partial charge in [0.05, 0.1) is 16.8 Å². The maximum Gasteiger partial charge on any atom is 0.408 e. The Morgan fingerprint density at radius 3 is 2.41 bits per heavy atom. The van der Waals surface area contributed by atoms with Crippen LogP contribution in [0.3, 0.4) is 0 Å². The monoisotopic (exact) mass is 477 g/mol. The molecule has 8 heteroatoms. The minimum atomic E-state index is -0.619. The van der Waals surface area contributed by atoms with Gasteiger partial charge in [-0.2, -0.15) is 0 Å². The van der Waals surface area contributed by atoms with Gasteiger partial charge in [-0.3, -0.25) is 4.79 Å². The summed E-state index contributed by atoms with van der Waals surface area (Å²) < 4.78 is 5.22. The predicted molar refractivity (Wildman–Crippen MR) is 129 cm³/mol. The zero-order chi connectivity index (χ0) is 23.5. The normalized spacial score (nSPS) is 16.6. The average molecular weight is 478 g/mol. The van der Waals surface area contributed by atoms with Crippen molar-refractivity contribution >= 4 is 40.9 Å². The van der Waals surface area contributed by atoms with E-state index in [1.807, 2.05) is 49.4 Å². The lowest BCUT2D eigenvalue weighted by Gasteiger charge is -2.43. The molecule has 0 bridgehead atoms. The number of carbonyl (C=O) groups is 2. The first kappa shape index (κ1) is 24.2.